The Hall–Kier alpha value is -1.24. The first-order chi connectivity index (χ1) is 9.42. The molecular formula is C13H22F3N3O. The molecule has 0 unspecified atom stereocenters. The average Bonchev–Trinajstić information content (AvgIpc) is 2.68. The number of nitrogens with zero attached hydrogens (tertiary/aromatic N) is 2. The third-order valence-electron chi connectivity index (χ3n) is 2.81. The van der Waals surface area contributed by atoms with Gasteiger partial charge in [-0.25, -0.2) is 4.98 Å². The molecule has 0 aliphatic heterocycles. The van der Waals surface area contributed by atoms with E-state index in [-0.39, 0.29) is 6.42 Å². The number of nitrogens with one attached hydrogen (secondary N) is 1. The molecule has 0 radical (unpaired) electrons. The molecule has 4 nitrogen and oxygen atoms in total. The topological polar surface area (TPSA) is 39.1 Å². The normalized spacial score (nSPS) is 11.8. The van der Waals surface area contributed by atoms with Crippen molar-refractivity contribution in [2.45, 2.75) is 45.3 Å². The largest absolute Gasteiger partial charge is 0.389 e. The number of alkyl halides is 3. The molecule has 20 heavy (non-hydrogen) atoms. The number of anilines is 1. The SMILES string of the molecule is COCCCn1cc(C)nc1NCCCCC(F)(F)F. The van der Waals surface area contributed by atoms with Crippen LogP contribution in [0.25, 0.3) is 0 Å². The van der Waals surface area contributed by atoms with E-state index in [2.05, 4.69) is 10.3 Å². The summed E-state index contributed by atoms with van der Waals surface area (Å²) in [6.07, 6.45) is -1.38. The lowest BCUT2D eigenvalue weighted by atomic mass is 10.2. The number of imidazole rings is 1. The number of aryl methyl sites for hydroxylation is 2. The van der Waals surface area contributed by atoms with Crippen molar-refractivity contribution in [2.75, 3.05) is 25.6 Å². The molecule has 1 aromatic heterocycles. The van der Waals surface area contributed by atoms with E-state index in [0.29, 0.717) is 25.5 Å². The molecule has 0 saturated heterocycles. The van der Waals surface area contributed by atoms with Crippen molar-refractivity contribution in [3.63, 3.8) is 0 Å². The summed E-state index contributed by atoms with van der Waals surface area (Å²) in [4.78, 5) is 4.32. The zero-order valence-electron chi connectivity index (χ0n) is 12.0. The third kappa shape index (κ3) is 6.79. The molecule has 0 saturated carbocycles. The van der Waals surface area contributed by atoms with Gasteiger partial charge >= 0.3 is 6.18 Å². The number of halogens is 3. The first kappa shape index (κ1) is 16.8. The molecule has 116 valence electrons. The second-order valence-electron chi connectivity index (χ2n) is 4.74. The monoisotopic (exact) mass is 293 g/mol. The Morgan fingerprint density at radius 2 is 2.05 bits per heavy atom. The number of rotatable bonds is 9. The van der Waals surface area contributed by atoms with Crippen LogP contribution >= 0.6 is 0 Å². The number of hydrogen-bond donors (Lipinski definition) is 1. The van der Waals surface area contributed by atoms with Gasteiger partial charge in [-0.05, 0) is 26.2 Å². The second kappa shape index (κ2) is 8.14. The van der Waals surface area contributed by atoms with Crippen molar-refractivity contribution >= 4 is 5.95 Å². The molecule has 0 aromatic carbocycles. The standard InChI is InChI=1S/C13H22F3N3O/c1-11-10-19(8-5-9-20-2)12(18-11)17-7-4-3-6-13(14,15)16/h10H,3-9H2,1-2H3,(H,17,18). The molecule has 0 spiro atoms. The first-order valence-electron chi connectivity index (χ1n) is 6.75. The number of methoxy groups -OCH3 is 1. The van der Waals surface area contributed by atoms with Crippen LogP contribution in [0.1, 0.15) is 31.4 Å². The van der Waals surface area contributed by atoms with Gasteiger partial charge in [-0.3, -0.25) is 0 Å². The van der Waals surface area contributed by atoms with Gasteiger partial charge in [0.2, 0.25) is 5.95 Å². The van der Waals surface area contributed by atoms with Crippen LogP contribution < -0.4 is 5.32 Å². The maximum absolute atomic E-state index is 12.0. The minimum Gasteiger partial charge on any atom is -0.385 e. The molecule has 0 bridgehead atoms. The number of unbranched alkanes of at least 4 members (excludes halogenated alkanes) is 1. The van der Waals surface area contributed by atoms with E-state index in [9.17, 15) is 13.2 Å². The van der Waals surface area contributed by atoms with Crippen molar-refractivity contribution in [1.29, 1.82) is 0 Å². The Labute approximate surface area is 117 Å². The minimum atomic E-state index is -4.06. The molecule has 1 heterocycles. The summed E-state index contributed by atoms with van der Waals surface area (Å²) in [6.45, 7) is 3.83. The van der Waals surface area contributed by atoms with Crippen LogP contribution in [0.4, 0.5) is 19.1 Å². The quantitative estimate of drug-likeness (QED) is 0.709. The van der Waals surface area contributed by atoms with Gasteiger partial charge in [-0.1, -0.05) is 0 Å². The van der Waals surface area contributed by atoms with Crippen molar-refractivity contribution < 1.29 is 17.9 Å². The summed E-state index contributed by atoms with van der Waals surface area (Å²) in [6, 6.07) is 0. The predicted octanol–water partition coefficient (Wildman–Crippen LogP) is 3.37. The van der Waals surface area contributed by atoms with Crippen molar-refractivity contribution in [3.05, 3.63) is 11.9 Å². The molecule has 0 aliphatic carbocycles. The van der Waals surface area contributed by atoms with Crippen molar-refractivity contribution in [2.24, 2.45) is 0 Å². The molecular weight excluding hydrogens is 271 g/mol. The van der Waals surface area contributed by atoms with Crippen LogP contribution in [0.5, 0.6) is 0 Å². The number of hydrogen-bond acceptors (Lipinski definition) is 3. The fourth-order valence-electron chi connectivity index (χ4n) is 1.89. The molecule has 1 aromatic rings. The van der Waals surface area contributed by atoms with Gasteiger partial charge in [0.05, 0.1) is 5.69 Å². The highest BCUT2D eigenvalue weighted by atomic mass is 19.4. The van der Waals surface area contributed by atoms with Gasteiger partial charge in [0.15, 0.2) is 0 Å². The third-order valence-corrected chi connectivity index (χ3v) is 2.81. The Morgan fingerprint density at radius 3 is 2.70 bits per heavy atom. The van der Waals surface area contributed by atoms with E-state index in [4.69, 9.17) is 4.74 Å². The van der Waals surface area contributed by atoms with Crippen LogP contribution in [0.3, 0.4) is 0 Å². The highest BCUT2D eigenvalue weighted by molar-refractivity contribution is 5.28. The van der Waals surface area contributed by atoms with Crippen molar-refractivity contribution in [1.82, 2.24) is 9.55 Å². The van der Waals surface area contributed by atoms with Gasteiger partial charge in [-0.2, -0.15) is 13.2 Å². The smallest absolute Gasteiger partial charge is 0.385 e. The maximum Gasteiger partial charge on any atom is 0.389 e. The van der Waals surface area contributed by atoms with Crippen molar-refractivity contribution in [3.8, 4) is 0 Å². The van der Waals surface area contributed by atoms with E-state index in [1.165, 1.54) is 0 Å². The Balaban J connectivity index is 2.32. The molecule has 1 N–H and O–H groups in total. The summed E-state index contributed by atoms with van der Waals surface area (Å²) >= 11 is 0. The average molecular weight is 293 g/mol. The summed E-state index contributed by atoms with van der Waals surface area (Å²) < 4.78 is 43.0. The van der Waals surface area contributed by atoms with E-state index in [0.717, 1.165) is 18.7 Å². The Bertz CT molecular complexity index is 391. The highest BCUT2D eigenvalue weighted by Gasteiger charge is 2.25. The van der Waals surface area contributed by atoms with Crippen LogP contribution in [0.2, 0.25) is 0 Å². The number of ether oxygens (including phenoxy) is 1. The summed E-state index contributed by atoms with van der Waals surface area (Å²) in [5.41, 5.74) is 0.889. The summed E-state index contributed by atoms with van der Waals surface area (Å²) in [5, 5.41) is 3.09. The molecule has 0 atom stereocenters. The zero-order chi connectivity index (χ0) is 15.0. The van der Waals surface area contributed by atoms with E-state index in [1.54, 1.807) is 7.11 Å². The fraction of sp³-hybridized carbons (Fsp3) is 0.769. The van der Waals surface area contributed by atoms with E-state index < -0.39 is 12.6 Å². The molecule has 7 heteroatoms. The van der Waals surface area contributed by atoms with Crippen LogP contribution in [-0.4, -0.2) is 36.0 Å². The van der Waals surface area contributed by atoms with E-state index in [1.807, 2.05) is 17.7 Å². The Morgan fingerprint density at radius 1 is 1.30 bits per heavy atom. The zero-order valence-corrected chi connectivity index (χ0v) is 12.0. The van der Waals surface area contributed by atoms with Gasteiger partial charge in [0.1, 0.15) is 0 Å². The Kier molecular flexibility index (Phi) is 6.84. The second-order valence-corrected chi connectivity index (χ2v) is 4.74. The molecule has 0 amide bonds. The minimum absolute atomic E-state index is 0.139. The van der Waals surface area contributed by atoms with Crippen LogP contribution in [0.15, 0.2) is 6.20 Å². The lowest BCUT2D eigenvalue weighted by Crippen LogP contribution is -2.11. The summed E-state index contributed by atoms with van der Waals surface area (Å²) in [5.74, 6) is 0.714. The van der Waals surface area contributed by atoms with Gasteiger partial charge in [-0.15, -0.1) is 0 Å². The lowest BCUT2D eigenvalue weighted by Gasteiger charge is -2.10. The first-order valence-corrected chi connectivity index (χ1v) is 6.75. The fourth-order valence-corrected chi connectivity index (χ4v) is 1.89. The predicted molar refractivity (Wildman–Crippen MR) is 71.9 cm³/mol. The van der Waals surface area contributed by atoms with E-state index >= 15 is 0 Å². The summed E-state index contributed by atoms with van der Waals surface area (Å²) in [7, 11) is 1.65. The van der Waals surface area contributed by atoms with Gasteiger partial charge < -0.3 is 14.6 Å². The molecule has 1 rings (SSSR count). The highest BCUT2D eigenvalue weighted by Crippen LogP contribution is 2.22. The maximum atomic E-state index is 12.0. The van der Waals surface area contributed by atoms with Gasteiger partial charge in [0.25, 0.3) is 0 Å². The van der Waals surface area contributed by atoms with Crippen LogP contribution in [-0.2, 0) is 11.3 Å². The van der Waals surface area contributed by atoms with Crippen LogP contribution in [0, 0.1) is 6.92 Å². The lowest BCUT2D eigenvalue weighted by molar-refractivity contribution is -0.135. The number of aromatic nitrogens is 2. The molecule has 0 fully saturated rings. The van der Waals surface area contributed by atoms with Gasteiger partial charge in [0, 0.05) is 39.4 Å². The molecule has 0 aliphatic rings.